The third kappa shape index (κ3) is 4.81. The highest BCUT2D eigenvalue weighted by molar-refractivity contribution is 6.13. The van der Waals surface area contributed by atoms with Gasteiger partial charge in [0.05, 0.1) is 16.9 Å². The Balaban J connectivity index is 1.48. The molecule has 2 heterocycles. The molecule has 0 aliphatic heterocycles. The molecule has 1 N–H and O–H groups in total. The van der Waals surface area contributed by atoms with Gasteiger partial charge in [-0.2, -0.15) is 5.10 Å². The molecule has 0 radical (unpaired) electrons. The van der Waals surface area contributed by atoms with Crippen molar-refractivity contribution in [3.8, 4) is 28.3 Å². The molecule has 220 valence electrons. The highest BCUT2D eigenvalue weighted by Gasteiger charge is 2.21. The average molecular weight is 576 g/mol. The molecular weight excluding hydrogens is 534 g/mol. The zero-order chi connectivity index (χ0) is 31.0. The van der Waals surface area contributed by atoms with Crippen LogP contribution in [0.15, 0.2) is 97.1 Å². The fourth-order valence-corrected chi connectivity index (χ4v) is 6.55. The molecule has 44 heavy (non-hydrogen) atoms. The van der Waals surface area contributed by atoms with Crippen LogP contribution in [0, 0.1) is 13.8 Å². The Hall–Kier alpha value is -4.63. The number of H-pyrrole nitrogens is 1. The van der Waals surface area contributed by atoms with Gasteiger partial charge < -0.3 is 4.98 Å². The van der Waals surface area contributed by atoms with Crippen LogP contribution < -0.4 is 0 Å². The first kappa shape index (κ1) is 28.2. The number of rotatable bonds is 3. The highest BCUT2D eigenvalue weighted by Crippen LogP contribution is 2.41. The number of benzene rings is 5. The first-order valence-corrected chi connectivity index (χ1v) is 15.6. The van der Waals surface area contributed by atoms with E-state index in [1.54, 1.807) is 0 Å². The molecule has 2 aromatic heterocycles. The van der Waals surface area contributed by atoms with Crippen LogP contribution in [0.2, 0.25) is 0 Å². The summed E-state index contributed by atoms with van der Waals surface area (Å²) in [5.41, 5.74) is 11.8. The van der Waals surface area contributed by atoms with Gasteiger partial charge in [0.15, 0.2) is 0 Å². The summed E-state index contributed by atoms with van der Waals surface area (Å²) in [6.45, 7) is 18.0. The van der Waals surface area contributed by atoms with Crippen molar-refractivity contribution in [1.82, 2.24) is 14.8 Å². The first-order valence-electron chi connectivity index (χ1n) is 15.6. The van der Waals surface area contributed by atoms with Crippen molar-refractivity contribution in [3.63, 3.8) is 0 Å². The van der Waals surface area contributed by atoms with Gasteiger partial charge in [0, 0.05) is 16.6 Å². The Morgan fingerprint density at radius 2 is 1.14 bits per heavy atom. The smallest absolute Gasteiger partial charge is 0.117 e. The van der Waals surface area contributed by atoms with Crippen LogP contribution in [-0.4, -0.2) is 14.8 Å². The first-order chi connectivity index (χ1) is 20.9. The summed E-state index contributed by atoms with van der Waals surface area (Å²) in [7, 11) is 0. The van der Waals surface area contributed by atoms with Gasteiger partial charge in [-0.25, -0.2) is 4.68 Å². The van der Waals surface area contributed by atoms with E-state index in [1.165, 1.54) is 49.4 Å². The van der Waals surface area contributed by atoms with Crippen molar-refractivity contribution in [2.24, 2.45) is 0 Å². The van der Waals surface area contributed by atoms with E-state index in [4.69, 9.17) is 5.10 Å². The molecule has 5 aromatic carbocycles. The van der Waals surface area contributed by atoms with Crippen LogP contribution >= 0.6 is 0 Å². The SMILES string of the molecule is Cc1cc(C)cc(-n2nc(-c3ccc(-c4c5cc(C(C)(C)C)ccc5cc5ccc(C(C)(C)C)cc45)[nH]3)c3ccccc32)c1. The number of hydrogen-bond acceptors (Lipinski definition) is 1. The topological polar surface area (TPSA) is 33.6 Å². The fraction of sp³-hybridized carbons (Fsp3) is 0.244. The molecule has 0 unspecified atom stereocenters. The molecule has 0 aliphatic carbocycles. The maximum absolute atomic E-state index is 5.22. The van der Waals surface area contributed by atoms with Gasteiger partial charge in [-0.05, 0) is 117 Å². The van der Waals surface area contributed by atoms with Crippen molar-refractivity contribution in [2.75, 3.05) is 0 Å². The number of fused-ring (bicyclic) bond motifs is 3. The van der Waals surface area contributed by atoms with Crippen LogP contribution in [0.25, 0.3) is 60.8 Å². The third-order valence-corrected chi connectivity index (χ3v) is 8.94. The van der Waals surface area contributed by atoms with Crippen LogP contribution in [0.4, 0.5) is 0 Å². The van der Waals surface area contributed by atoms with Crippen LogP contribution in [0.5, 0.6) is 0 Å². The van der Waals surface area contributed by atoms with Gasteiger partial charge in [0.25, 0.3) is 0 Å². The second-order valence-electron chi connectivity index (χ2n) is 14.5. The molecule has 0 bridgehead atoms. The predicted octanol–water partition coefficient (Wildman–Crippen LogP) is 11.2. The Bertz CT molecular complexity index is 2120. The molecular formula is C41H41N3. The molecule has 7 aromatic rings. The summed E-state index contributed by atoms with van der Waals surface area (Å²) >= 11 is 0. The van der Waals surface area contributed by atoms with Gasteiger partial charge in [-0.1, -0.05) is 90.1 Å². The lowest BCUT2D eigenvalue weighted by Gasteiger charge is -2.22. The minimum Gasteiger partial charge on any atom is -0.353 e. The summed E-state index contributed by atoms with van der Waals surface area (Å²) in [6, 6.07) is 35.9. The second-order valence-corrected chi connectivity index (χ2v) is 14.5. The number of nitrogens with zero attached hydrogens (tertiary/aromatic N) is 2. The summed E-state index contributed by atoms with van der Waals surface area (Å²) in [4.78, 5) is 3.85. The van der Waals surface area contributed by atoms with Gasteiger partial charge in [-0.15, -0.1) is 0 Å². The van der Waals surface area contributed by atoms with Gasteiger partial charge in [0.2, 0.25) is 0 Å². The van der Waals surface area contributed by atoms with E-state index in [-0.39, 0.29) is 10.8 Å². The zero-order valence-corrected chi connectivity index (χ0v) is 27.1. The van der Waals surface area contributed by atoms with Crippen molar-refractivity contribution >= 4 is 32.4 Å². The monoisotopic (exact) mass is 575 g/mol. The minimum absolute atomic E-state index is 0.0501. The normalized spacial score (nSPS) is 12.5. The lowest BCUT2D eigenvalue weighted by Crippen LogP contribution is -2.11. The predicted molar refractivity (Wildman–Crippen MR) is 188 cm³/mol. The van der Waals surface area contributed by atoms with E-state index in [9.17, 15) is 0 Å². The second kappa shape index (κ2) is 9.95. The lowest BCUT2D eigenvalue weighted by atomic mass is 9.82. The van der Waals surface area contributed by atoms with Gasteiger partial charge >= 0.3 is 0 Å². The van der Waals surface area contributed by atoms with Gasteiger partial charge in [-0.3, -0.25) is 0 Å². The van der Waals surface area contributed by atoms with E-state index in [0.29, 0.717) is 0 Å². The maximum atomic E-state index is 5.22. The standard InChI is InChI=1S/C41H41N3/c1-25-19-26(2)21-31(20-25)44-37-12-10-9-11-32(37)39(43-44)36-18-17-35(42-36)38-33-23-29(40(3,4)5)15-13-27(33)22-28-14-16-30(24-34(28)38)41(6,7)8/h9-24,42H,1-8H3. The lowest BCUT2D eigenvalue weighted by molar-refractivity contribution is 0.591. The Kier molecular flexibility index (Phi) is 6.37. The van der Waals surface area contributed by atoms with Crippen molar-refractivity contribution in [1.29, 1.82) is 0 Å². The minimum atomic E-state index is 0.0501. The van der Waals surface area contributed by atoms with E-state index in [0.717, 1.165) is 33.7 Å². The quantitative estimate of drug-likeness (QED) is 0.209. The highest BCUT2D eigenvalue weighted by atomic mass is 15.3. The molecule has 0 saturated heterocycles. The number of hydrogen-bond donors (Lipinski definition) is 1. The summed E-state index contributed by atoms with van der Waals surface area (Å²) in [5.74, 6) is 0. The molecule has 0 aliphatic rings. The van der Waals surface area contributed by atoms with Crippen LogP contribution in [0.3, 0.4) is 0 Å². The average Bonchev–Trinajstić information content (AvgIpc) is 3.59. The number of para-hydroxylation sites is 1. The molecule has 0 saturated carbocycles. The molecule has 0 fully saturated rings. The molecule has 0 spiro atoms. The van der Waals surface area contributed by atoms with E-state index in [2.05, 4.69) is 162 Å². The third-order valence-electron chi connectivity index (χ3n) is 8.94. The van der Waals surface area contributed by atoms with E-state index in [1.807, 2.05) is 0 Å². The molecule has 0 amide bonds. The summed E-state index contributed by atoms with van der Waals surface area (Å²) in [5, 5.41) is 11.4. The number of nitrogens with one attached hydrogen (secondary N) is 1. The number of aromatic amines is 1. The number of aryl methyl sites for hydroxylation is 2. The molecule has 7 rings (SSSR count). The van der Waals surface area contributed by atoms with Crippen LogP contribution in [-0.2, 0) is 10.8 Å². The van der Waals surface area contributed by atoms with E-state index >= 15 is 0 Å². The van der Waals surface area contributed by atoms with Crippen molar-refractivity contribution < 1.29 is 0 Å². The Morgan fingerprint density at radius 1 is 0.568 bits per heavy atom. The summed E-state index contributed by atoms with van der Waals surface area (Å²) in [6.07, 6.45) is 0. The van der Waals surface area contributed by atoms with E-state index < -0.39 is 0 Å². The van der Waals surface area contributed by atoms with Gasteiger partial charge in [0.1, 0.15) is 5.69 Å². The molecule has 3 nitrogen and oxygen atoms in total. The van der Waals surface area contributed by atoms with Crippen molar-refractivity contribution in [2.45, 2.75) is 66.2 Å². The van der Waals surface area contributed by atoms with Crippen LogP contribution in [0.1, 0.15) is 63.8 Å². The Morgan fingerprint density at radius 3 is 1.73 bits per heavy atom. The zero-order valence-electron chi connectivity index (χ0n) is 27.1. The molecule has 3 heteroatoms. The number of aromatic nitrogens is 3. The van der Waals surface area contributed by atoms with Crippen molar-refractivity contribution in [3.05, 3.63) is 119 Å². The largest absolute Gasteiger partial charge is 0.353 e. The Labute approximate surface area is 260 Å². The fourth-order valence-electron chi connectivity index (χ4n) is 6.55. The maximum Gasteiger partial charge on any atom is 0.117 e. The summed E-state index contributed by atoms with van der Waals surface area (Å²) < 4.78 is 2.09. The molecule has 0 atom stereocenters.